The van der Waals surface area contributed by atoms with E-state index in [4.69, 9.17) is 90.0 Å². The van der Waals surface area contributed by atoms with Gasteiger partial charge in [-0.05, 0) is 132 Å². The van der Waals surface area contributed by atoms with Crippen molar-refractivity contribution in [3.8, 4) is 0 Å². The maximum absolute atomic E-state index is 15.5. The average Bonchev–Trinajstić information content (AvgIpc) is 1.12. The van der Waals surface area contributed by atoms with Gasteiger partial charge in [0.15, 0.2) is 68.1 Å². The maximum atomic E-state index is 15.5. The second kappa shape index (κ2) is 46.3. The summed E-state index contributed by atoms with van der Waals surface area (Å²) in [7, 11) is -9.30. The van der Waals surface area contributed by atoms with Gasteiger partial charge in [-0.25, -0.2) is 31.1 Å². The number of aliphatic hydroxyl groups excluding tert-OH is 4. The molecular weight excluding hydrogens is 2460 g/mol. The summed E-state index contributed by atoms with van der Waals surface area (Å²) in [5.74, 6) is -2.70. The van der Waals surface area contributed by atoms with Gasteiger partial charge in [0.25, 0.3) is 0 Å². The molecule has 0 aliphatic carbocycles. The molecule has 670 valence electrons. The van der Waals surface area contributed by atoms with E-state index < -0.39 is 210 Å². The zero-order valence-electron chi connectivity index (χ0n) is 73.1. The van der Waals surface area contributed by atoms with Crippen LogP contribution in [0.5, 0.6) is 0 Å². The van der Waals surface area contributed by atoms with Crippen LogP contribution in [0.2, 0.25) is 0 Å². The molecule has 2 aromatic rings. The molecule has 0 bridgehead atoms. The number of carbonyl (C=O) groups is 1. The van der Waals surface area contributed by atoms with Gasteiger partial charge in [0.1, 0.15) is 91.4 Å². The number of sulfonamides is 2. The molecule has 10 heterocycles. The molecule has 0 spiro atoms. The Balaban J connectivity index is 0.00000448. The summed E-state index contributed by atoms with van der Waals surface area (Å²) in [6.45, 7) is 39.0. The quantitative estimate of drug-likeness (QED) is 0.0432. The fourth-order valence-electron chi connectivity index (χ4n) is 18.5. The monoisotopic (exact) mass is 2590 g/mol. The van der Waals surface area contributed by atoms with E-state index in [-0.39, 0.29) is 289 Å². The zero-order chi connectivity index (χ0) is 84.1. The summed E-state index contributed by atoms with van der Waals surface area (Å²) in [4.78, 5) is 13.2. The van der Waals surface area contributed by atoms with Crippen LogP contribution in [0.15, 0.2) is 82.8 Å². The molecule has 120 heavy (non-hydrogen) atoms. The van der Waals surface area contributed by atoms with E-state index in [0.717, 1.165) is 0 Å². The first-order valence-corrected chi connectivity index (χ1v) is 45.6. The van der Waals surface area contributed by atoms with Crippen molar-refractivity contribution in [3.63, 3.8) is 0 Å². The molecular formula is C84H132Ac4N2O28S2. The third kappa shape index (κ3) is 23.3. The van der Waals surface area contributed by atoms with Crippen molar-refractivity contribution in [2.24, 2.45) is 59.2 Å². The van der Waals surface area contributed by atoms with Gasteiger partial charge in [0.2, 0.25) is 20.0 Å². The van der Waals surface area contributed by atoms with Crippen LogP contribution in [0.4, 0.5) is 4.79 Å². The molecule has 4 radical (unpaired) electrons. The first kappa shape index (κ1) is 107. The van der Waals surface area contributed by atoms with Gasteiger partial charge in [0, 0.05) is 200 Å². The van der Waals surface area contributed by atoms with Crippen molar-refractivity contribution in [3.05, 3.63) is 73.0 Å². The van der Waals surface area contributed by atoms with Crippen molar-refractivity contribution in [1.82, 2.24) is 9.44 Å². The Kier molecular flexibility index (Phi) is 41.4. The molecule has 9 saturated heterocycles. The third-order valence-electron chi connectivity index (χ3n) is 27.5. The van der Waals surface area contributed by atoms with Gasteiger partial charge < -0.3 is 110 Å². The number of hydrogen-bond donors (Lipinski definition) is 6. The molecule has 10 aliphatic rings. The minimum Gasteiger partial charge on any atom is -0.496 e. The molecule has 6 N–H and O–H groups in total. The SMILES string of the molecule is CCC1O[C@@H](O[C@@H]2C(CC)O[C@@H](OC3C(O)[C@H](O[C@H]4C(C)C=COC4CC)OC(CC)[C@@H]3O)C(NS(=O)(=O)c3ccccc3)C2OC2OC(C)[C@@H](C)C(C)[C@H]2C)C(O)C(O[C@@H]2OC(CC)[C@@H](O[C@]3(C)OC(CC)[C@@H]4OC(=O)OC4C3O[C@@H]3O[C@@H](C)C(C)C(C)C3C)C(OC3OC(C)[C@@H](C)C(C)[C@H]3C)C2NS(=O)(=O)c2ccccc2)[C@H]1O.[Ac].[Ac].[Ac].[Ac]. The fourth-order valence-corrected chi connectivity index (χ4v) is 21.0. The van der Waals surface area contributed by atoms with Gasteiger partial charge in [-0.15, -0.1) is 0 Å². The second-order valence-corrected chi connectivity index (χ2v) is 38.0. The summed E-state index contributed by atoms with van der Waals surface area (Å²) in [6.07, 6.45) is -32.9. The molecule has 10 aliphatic heterocycles. The van der Waals surface area contributed by atoms with Crippen molar-refractivity contribution in [2.45, 2.75) is 389 Å². The zero-order valence-corrected chi connectivity index (χ0v) is 93.7. The molecule has 2 aromatic carbocycles. The Morgan fingerprint density at radius 3 is 1.13 bits per heavy atom. The molecule has 30 nitrogen and oxygen atoms in total. The van der Waals surface area contributed by atoms with E-state index in [2.05, 4.69) is 51.0 Å². The van der Waals surface area contributed by atoms with Crippen molar-refractivity contribution >= 4 is 26.2 Å². The molecule has 9 fully saturated rings. The molecule has 0 aromatic heterocycles. The summed E-state index contributed by atoms with van der Waals surface area (Å²) < 4.78 is 197. The van der Waals surface area contributed by atoms with Gasteiger partial charge in [-0.2, -0.15) is 0 Å². The Hall–Kier alpha value is 2.04. The van der Waals surface area contributed by atoms with Crippen LogP contribution in [0.1, 0.15) is 177 Å². The molecule has 26 unspecified atom stereocenters. The number of ether oxygens (including phenoxy) is 19. The molecule has 12 rings (SSSR count). The summed E-state index contributed by atoms with van der Waals surface area (Å²) in [5, 5.41) is 51.3. The maximum Gasteiger partial charge on any atom is 0.509 e. The molecule has 0 saturated carbocycles. The number of aliphatic hydroxyl groups is 4. The van der Waals surface area contributed by atoms with Crippen LogP contribution in [-0.4, -0.2) is 246 Å². The molecule has 36 heteroatoms. The molecule has 0 amide bonds. The Labute approximate surface area is 853 Å². The van der Waals surface area contributed by atoms with E-state index >= 15 is 16.8 Å². The standard InChI is InChI=1S/C84H132N2O28S2.4Ac/c1-21-54-62(87)72(64(89)81(100-54)104-66-39(7)37-38-96-56(66)23-3)108-79-60(85-115(92,93)52-33-29-27-30-34-52)70(106-76-46(14)40(8)43(11)49(17)97-76)67(57(24-4)102-79)105-82-65(90)73(63(88)55(22-2)101-82)109-80-61(86-116(94,95)53-35-31-28-32-36-53)71(107-77-47(15)41(9)44(12)50(18)98-77)69(58(25-5)103-80)114-84(20)75(74-68(59(26-6)113-84)110-83(91)111-74)112-78-48(16)42(10)45(13)51(19)99-78;;;;/h27-51,54-82,85-90H,21-26H2,1-20H3;;;;/t39?,40?,41?,42?,43-,44-,45?,46+,47+,48?,49?,50?,51-,54?,55?,56?,57?,58?,59?,60?,61?,62-,63-,64?,65?,66-,67+,68-,69+,70?,71?,72?,73?,74?,75?,76?,77?,78-,79-,80-,81-,82-,84-;;;;/m0..../s1. The normalized spacial score (nSPS) is 46.0. The summed E-state index contributed by atoms with van der Waals surface area (Å²) in [5.41, 5.74) is 0. The summed E-state index contributed by atoms with van der Waals surface area (Å²) in [6, 6.07) is 11.9. The van der Waals surface area contributed by atoms with Gasteiger partial charge >= 0.3 is 6.16 Å². The number of rotatable bonds is 28. The number of benzene rings is 2. The number of nitrogens with one attached hydrogen (secondary N) is 2. The molecule has 43 atom stereocenters. The first-order chi connectivity index (χ1) is 55.0. The van der Waals surface area contributed by atoms with Crippen LogP contribution < -0.4 is 9.44 Å². The van der Waals surface area contributed by atoms with E-state index in [9.17, 15) is 25.2 Å². The van der Waals surface area contributed by atoms with E-state index in [1.54, 1.807) is 70.4 Å². The van der Waals surface area contributed by atoms with Crippen molar-refractivity contribution < 1.29 is 308 Å². The third-order valence-corrected chi connectivity index (χ3v) is 30.4. The number of hydrogen-bond acceptors (Lipinski definition) is 28. The Morgan fingerprint density at radius 1 is 0.375 bits per heavy atom. The predicted octanol–water partition coefficient (Wildman–Crippen LogP) is 9.09. The predicted molar refractivity (Wildman–Crippen MR) is 418 cm³/mol. The number of carbonyl (C=O) groups excluding carboxylic acids is 1. The first-order valence-electron chi connectivity index (χ1n) is 42.6. The smallest absolute Gasteiger partial charge is 0.496 e. The van der Waals surface area contributed by atoms with Crippen molar-refractivity contribution in [2.75, 3.05) is 0 Å². The largest absolute Gasteiger partial charge is 0.509 e. The summed E-state index contributed by atoms with van der Waals surface area (Å²) >= 11 is 0. The van der Waals surface area contributed by atoms with Crippen LogP contribution in [0.25, 0.3) is 0 Å². The Morgan fingerprint density at radius 2 is 0.725 bits per heavy atom. The topological polar surface area (TPSA) is 366 Å². The van der Waals surface area contributed by atoms with Crippen LogP contribution in [0.3, 0.4) is 0 Å². The van der Waals surface area contributed by atoms with Crippen molar-refractivity contribution in [1.29, 1.82) is 0 Å². The second-order valence-electron chi connectivity index (χ2n) is 34.6. The van der Waals surface area contributed by atoms with E-state index in [1.165, 1.54) is 24.3 Å². The van der Waals surface area contributed by atoms with Gasteiger partial charge in [-0.1, -0.05) is 147 Å². The van der Waals surface area contributed by atoms with Gasteiger partial charge in [-0.3, -0.25) is 0 Å². The van der Waals surface area contributed by atoms with E-state index in [0.29, 0.717) is 12.8 Å². The average molecular weight is 2590 g/mol. The van der Waals surface area contributed by atoms with Crippen LogP contribution in [0, 0.1) is 235 Å². The van der Waals surface area contributed by atoms with Crippen LogP contribution >= 0.6 is 0 Å². The number of fused-ring (bicyclic) bond motifs is 1. The minimum absolute atomic E-state index is 0. The minimum atomic E-state index is -4.67. The Bertz CT molecular complexity index is 3780. The van der Waals surface area contributed by atoms with Gasteiger partial charge in [0.05, 0.1) is 58.8 Å². The fraction of sp³-hybridized carbons (Fsp3) is 0.821. The van der Waals surface area contributed by atoms with Crippen LogP contribution in [-0.2, 0) is 110 Å². The van der Waals surface area contributed by atoms with E-state index in [1.807, 2.05) is 75.3 Å².